The van der Waals surface area contributed by atoms with Crippen LogP contribution in [0.15, 0.2) is 28.5 Å². The highest BCUT2D eigenvalue weighted by Crippen LogP contribution is 2.17. The molecule has 2 aromatic rings. The zero-order chi connectivity index (χ0) is 12.6. The summed E-state index contributed by atoms with van der Waals surface area (Å²) in [5.74, 6) is -1.35. The third-order valence-corrected chi connectivity index (χ3v) is 3.41. The van der Waals surface area contributed by atoms with Gasteiger partial charge in [0.25, 0.3) is 5.56 Å². The van der Waals surface area contributed by atoms with Gasteiger partial charge >= 0.3 is 5.97 Å². The first-order valence-corrected chi connectivity index (χ1v) is 5.82. The summed E-state index contributed by atoms with van der Waals surface area (Å²) >= 11 is 1.44. The Morgan fingerprint density at radius 2 is 2.24 bits per heavy atom. The maximum atomic E-state index is 12.0. The van der Waals surface area contributed by atoms with Crippen LogP contribution in [0.25, 0.3) is 10.1 Å². The summed E-state index contributed by atoms with van der Waals surface area (Å²) in [6.45, 7) is 0.895. The van der Waals surface area contributed by atoms with Crippen LogP contribution in [-0.4, -0.2) is 26.4 Å². The second-order valence-corrected chi connectivity index (χ2v) is 4.97. The maximum Gasteiger partial charge on any atom is 0.337 e. The first-order valence-electron chi connectivity index (χ1n) is 4.94. The fourth-order valence-electron chi connectivity index (χ4n) is 1.53. The first kappa shape index (κ1) is 11.8. The van der Waals surface area contributed by atoms with Crippen molar-refractivity contribution in [2.24, 2.45) is 0 Å². The average molecular weight is 253 g/mol. The van der Waals surface area contributed by atoms with Crippen molar-refractivity contribution in [3.63, 3.8) is 0 Å². The summed E-state index contributed by atoms with van der Waals surface area (Å²) in [5.41, 5.74) is -2.24. The topological polar surface area (TPSA) is 79.5 Å². The quantitative estimate of drug-likeness (QED) is 0.851. The van der Waals surface area contributed by atoms with Crippen molar-refractivity contribution >= 4 is 27.4 Å². The normalized spacial score (nSPS) is 14.7. The van der Waals surface area contributed by atoms with E-state index in [4.69, 9.17) is 5.11 Å². The number of fused-ring (bicyclic) bond motifs is 1. The van der Waals surface area contributed by atoms with Crippen molar-refractivity contribution in [2.45, 2.75) is 19.1 Å². The highest BCUT2D eigenvalue weighted by atomic mass is 32.1. The molecule has 0 bridgehead atoms. The fourth-order valence-corrected chi connectivity index (χ4v) is 2.30. The molecule has 1 unspecified atom stereocenters. The average Bonchev–Trinajstić information content (AvgIpc) is 2.70. The third-order valence-electron chi connectivity index (χ3n) is 2.53. The molecule has 0 saturated carbocycles. The van der Waals surface area contributed by atoms with Crippen LogP contribution in [0.4, 0.5) is 0 Å². The van der Waals surface area contributed by atoms with Crippen molar-refractivity contribution in [1.82, 2.24) is 4.57 Å². The van der Waals surface area contributed by atoms with Gasteiger partial charge in [0.15, 0.2) is 5.60 Å². The van der Waals surface area contributed by atoms with E-state index in [2.05, 4.69) is 0 Å². The minimum Gasteiger partial charge on any atom is -0.479 e. The standard InChI is InChI=1S/C11H11NO4S/c1-11(16,10(14)15)6-12-4-2-8-7(9(12)13)3-5-17-8/h2-5,16H,6H2,1H3,(H,14,15). The molecule has 0 fully saturated rings. The Bertz CT molecular complexity index is 626. The number of aliphatic hydroxyl groups is 1. The number of aliphatic carboxylic acids is 1. The molecule has 90 valence electrons. The zero-order valence-corrected chi connectivity index (χ0v) is 9.90. The number of aromatic nitrogens is 1. The van der Waals surface area contributed by atoms with Crippen LogP contribution in [0, 0.1) is 0 Å². The summed E-state index contributed by atoms with van der Waals surface area (Å²) in [6, 6.07) is 3.42. The molecule has 0 spiro atoms. The number of hydrogen-bond donors (Lipinski definition) is 2. The summed E-state index contributed by atoms with van der Waals surface area (Å²) < 4.78 is 2.06. The summed E-state index contributed by atoms with van der Waals surface area (Å²) in [4.78, 5) is 22.7. The fraction of sp³-hybridized carbons (Fsp3) is 0.273. The number of carboxylic acids is 1. The van der Waals surface area contributed by atoms with Crippen LogP contribution in [0.1, 0.15) is 6.92 Å². The lowest BCUT2D eigenvalue weighted by Gasteiger charge is -2.18. The lowest BCUT2D eigenvalue weighted by Crippen LogP contribution is -2.42. The van der Waals surface area contributed by atoms with Crippen molar-refractivity contribution in [3.05, 3.63) is 34.1 Å². The van der Waals surface area contributed by atoms with Crippen molar-refractivity contribution in [1.29, 1.82) is 0 Å². The van der Waals surface area contributed by atoms with Gasteiger partial charge in [0.2, 0.25) is 0 Å². The monoisotopic (exact) mass is 253 g/mol. The van der Waals surface area contributed by atoms with E-state index in [1.807, 2.05) is 0 Å². The van der Waals surface area contributed by atoms with Crippen molar-refractivity contribution < 1.29 is 15.0 Å². The molecule has 0 aliphatic rings. The maximum absolute atomic E-state index is 12.0. The molecule has 0 aliphatic heterocycles. The van der Waals surface area contributed by atoms with E-state index in [0.717, 1.165) is 4.70 Å². The number of thiophene rings is 1. The van der Waals surface area contributed by atoms with Crippen LogP contribution in [0.5, 0.6) is 0 Å². The van der Waals surface area contributed by atoms with Crippen molar-refractivity contribution in [3.8, 4) is 0 Å². The third kappa shape index (κ3) is 2.09. The number of rotatable bonds is 3. The van der Waals surface area contributed by atoms with E-state index in [-0.39, 0.29) is 12.1 Å². The Morgan fingerprint density at radius 3 is 2.88 bits per heavy atom. The van der Waals surface area contributed by atoms with Crippen LogP contribution < -0.4 is 5.56 Å². The van der Waals surface area contributed by atoms with Gasteiger partial charge in [0.05, 0.1) is 11.9 Å². The van der Waals surface area contributed by atoms with Crippen molar-refractivity contribution in [2.75, 3.05) is 0 Å². The molecule has 1 atom stereocenters. The van der Waals surface area contributed by atoms with E-state index in [1.165, 1.54) is 29.0 Å². The molecule has 0 radical (unpaired) electrons. The highest BCUT2D eigenvalue weighted by molar-refractivity contribution is 7.17. The molecule has 2 aromatic heterocycles. The van der Waals surface area contributed by atoms with Gasteiger partial charge in [0, 0.05) is 10.9 Å². The number of hydrogen-bond acceptors (Lipinski definition) is 4. The summed E-state index contributed by atoms with van der Waals surface area (Å²) in [6.07, 6.45) is 1.50. The Kier molecular flexibility index (Phi) is 2.76. The predicted octanol–water partition coefficient (Wildman–Crippen LogP) is 0.899. The van der Waals surface area contributed by atoms with E-state index in [1.54, 1.807) is 17.5 Å². The molecule has 6 heteroatoms. The lowest BCUT2D eigenvalue weighted by molar-refractivity contribution is -0.157. The van der Waals surface area contributed by atoms with E-state index < -0.39 is 11.6 Å². The van der Waals surface area contributed by atoms with Crippen LogP contribution in [0.2, 0.25) is 0 Å². The summed E-state index contributed by atoms with van der Waals surface area (Å²) in [7, 11) is 0. The van der Waals surface area contributed by atoms with Gasteiger partial charge < -0.3 is 14.8 Å². The van der Waals surface area contributed by atoms with E-state index in [0.29, 0.717) is 5.39 Å². The van der Waals surface area contributed by atoms with Gasteiger partial charge in [-0.3, -0.25) is 4.79 Å². The van der Waals surface area contributed by atoms with Gasteiger partial charge in [-0.05, 0) is 24.4 Å². The number of carboxylic acid groups (broad SMARTS) is 1. The molecule has 0 amide bonds. The molecular formula is C11H11NO4S. The Hall–Kier alpha value is -1.66. The number of pyridine rings is 1. The van der Waals surface area contributed by atoms with Gasteiger partial charge in [-0.25, -0.2) is 4.79 Å². The Morgan fingerprint density at radius 1 is 1.53 bits per heavy atom. The zero-order valence-electron chi connectivity index (χ0n) is 9.08. The molecule has 2 N–H and O–H groups in total. The Labute approximate surface area is 101 Å². The van der Waals surface area contributed by atoms with Gasteiger partial charge in [-0.2, -0.15) is 0 Å². The SMILES string of the molecule is CC(O)(Cn1ccc2sccc2c1=O)C(=O)O. The largest absolute Gasteiger partial charge is 0.479 e. The minimum absolute atomic E-state index is 0.271. The van der Waals surface area contributed by atoms with Crippen LogP contribution in [0.3, 0.4) is 0 Å². The molecular weight excluding hydrogens is 242 g/mol. The molecule has 0 saturated heterocycles. The van der Waals surface area contributed by atoms with E-state index >= 15 is 0 Å². The van der Waals surface area contributed by atoms with Crippen LogP contribution >= 0.6 is 11.3 Å². The molecule has 5 nitrogen and oxygen atoms in total. The second-order valence-electron chi connectivity index (χ2n) is 4.03. The van der Waals surface area contributed by atoms with Crippen LogP contribution in [-0.2, 0) is 11.3 Å². The number of nitrogens with zero attached hydrogens (tertiary/aromatic N) is 1. The van der Waals surface area contributed by atoms with Gasteiger partial charge in [0.1, 0.15) is 0 Å². The lowest BCUT2D eigenvalue weighted by atomic mass is 10.1. The van der Waals surface area contributed by atoms with Gasteiger partial charge in [-0.15, -0.1) is 11.3 Å². The predicted molar refractivity (Wildman–Crippen MR) is 64.3 cm³/mol. The molecule has 17 heavy (non-hydrogen) atoms. The molecule has 2 rings (SSSR count). The Balaban J connectivity index is 2.47. The second kappa shape index (κ2) is 3.97. The minimum atomic E-state index is -1.95. The molecule has 2 heterocycles. The van der Waals surface area contributed by atoms with Gasteiger partial charge in [-0.1, -0.05) is 0 Å². The van der Waals surface area contributed by atoms with E-state index in [9.17, 15) is 14.7 Å². The molecule has 0 aromatic carbocycles. The molecule has 0 aliphatic carbocycles. The number of carbonyl (C=O) groups is 1. The smallest absolute Gasteiger partial charge is 0.337 e. The highest BCUT2D eigenvalue weighted by Gasteiger charge is 2.30. The summed E-state index contributed by atoms with van der Waals surface area (Å²) in [5, 5.41) is 20.8. The first-order chi connectivity index (χ1) is 7.92.